The Morgan fingerprint density at radius 3 is 2.47 bits per heavy atom. The molecule has 5 heteroatoms. The number of benzene rings is 1. The van der Waals surface area contributed by atoms with Crippen molar-refractivity contribution in [3.63, 3.8) is 0 Å². The summed E-state index contributed by atoms with van der Waals surface area (Å²) in [7, 11) is 0. The average molecular weight is 589 g/mol. The molecule has 1 aromatic rings. The van der Waals surface area contributed by atoms with E-state index in [1.165, 1.54) is 29.7 Å². The monoisotopic (exact) mass is 588 g/mol. The summed E-state index contributed by atoms with van der Waals surface area (Å²) >= 11 is 0. The summed E-state index contributed by atoms with van der Waals surface area (Å²) in [5.41, 5.74) is 13.9. The first-order valence-electron chi connectivity index (χ1n) is 16.4. The third-order valence-electron chi connectivity index (χ3n) is 7.64. The van der Waals surface area contributed by atoms with Gasteiger partial charge < -0.3 is 20.7 Å². The molecule has 1 saturated heterocycles. The van der Waals surface area contributed by atoms with Crippen LogP contribution in [0.5, 0.6) is 0 Å². The van der Waals surface area contributed by atoms with Gasteiger partial charge in [0, 0.05) is 54.1 Å². The number of rotatable bonds is 14. The number of ether oxygens (including phenoxy) is 1. The highest BCUT2D eigenvalue weighted by Gasteiger charge is 2.20. The molecule has 1 heterocycles. The fourth-order valence-corrected chi connectivity index (χ4v) is 4.96. The largest absolute Gasteiger partial charge is 0.399 e. The van der Waals surface area contributed by atoms with E-state index in [0.717, 1.165) is 67.8 Å². The van der Waals surface area contributed by atoms with Crippen molar-refractivity contribution in [3.05, 3.63) is 76.2 Å². The lowest BCUT2D eigenvalue weighted by Gasteiger charge is -2.28. The lowest BCUT2D eigenvalue weighted by Crippen LogP contribution is -2.27. The highest BCUT2D eigenvalue weighted by molar-refractivity contribution is 5.63. The molecule has 1 fully saturated rings. The fourth-order valence-electron chi connectivity index (χ4n) is 4.96. The van der Waals surface area contributed by atoms with Gasteiger partial charge in [0.25, 0.3) is 0 Å². The molecule has 1 aliphatic rings. The second kappa shape index (κ2) is 22.5. The van der Waals surface area contributed by atoms with Gasteiger partial charge in [-0.15, -0.1) is 0 Å². The molecule has 238 valence electrons. The number of nitrogens with two attached hydrogens (primary N) is 1. The maximum absolute atomic E-state index is 5.91. The SMILES string of the molecule is C/C=C(/N)c1cccc(C#CCNCC2CCC(C)O2)c1.CC=N/C(C)=C(/C=C\CCCC)C(=C(C)CC)N(CC)CC. The van der Waals surface area contributed by atoms with Gasteiger partial charge in [0.15, 0.2) is 0 Å². The summed E-state index contributed by atoms with van der Waals surface area (Å²) in [4.78, 5) is 7.01. The van der Waals surface area contributed by atoms with Gasteiger partial charge >= 0.3 is 0 Å². The van der Waals surface area contributed by atoms with Gasteiger partial charge in [-0.05, 0) is 97.4 Å². The second-order valence-corrected chi connectivity index (χ2v) is 11.0. The van der Waals surface area contributed by atoms with Crippen molar-refractivity contribution < 1.29 is 4.74 Å². The van der Waals surface area contributed by atoms with Gasteiger partial charge in [-0.25, -0.2) is 0 Å². The van der Waals surface area contributed by atoms with Crippen LogP contribution in [0, 0.1) is 11.8 Å². The predicted octanol–water partition coefficient (Wildman–Crippen LogP) is 8.64. The Morgan fingerprint density at radius 2 is 1.88 bits per heavy atom. The van der Waals surface area contributed by atoms with E-state index >= 15 is 0 Å². The van der Waals surface area contributed by atoms with E-state index in [1.54, 1.807) is 0 Å². The van der Waals surface area contributed by atoms with Gasteiger partial charge in [-0.2, -0.15) is 0 Å². The van der Waals surface area contributed by atoms with Crippen LogP contribution in [0.4, 0.5) is 0 Å². The molecule has 2 unspecified atom stereocenters. The standard InChI is InChI=1S/C20H36N2.C18H24N2O/c1-8-13-14-15-16-19(18(7)21-10-3)20(17(6)9-2)22(11-4)12-5;1-3-18(19)16-8-4-6-15(12-16)7-5-11-20-13-17-10-9-14(2)21-17/h10,15-16H,8-9,11-14H2,1-7H3;3-4,6,8,12,14,17,20H,9-11,13,19H2,1-2H3/b16-15-,19-18-,20-17?,21-10?;18-3+. The number of likely N-dealkylation sites (N-methyl/N-ethyl adjacent to an activating group) is 1. The Morgan fingerprint density at radius 1 is 1.14 bits per heavy atom. The minimum absolute atomic E-state index is 0.347. The first-order valence-corrected chi connectivity index (χ1v) is 16.4. The van der Waals surface area contributed by atoms with Gasteiger partial charge in [-0.3, -0.25) is 4.99 Å². The van der Waals surface area contributed by atoms with E-state index in [9.17, 15) is 0 Å². The number of allylic oxidation sites excluding steroid dienone is 5. The fraction of sp³-hybridized carbons (Fsp3) is 0.553. The van der Waals surface area contributed by atoms with Gasteiger partial charge in [0.05, 0.1) is 18.8 Å². The molecule has 0 bridgehead atoms. The molecular weight excluding hydrogens is 528 g/mol. The maximum Gasteiger partial charge on any atom is 0.0704 e. The highest BCUT2D eigenvalue weighted by Crippen LogP contribution is 2.26. The Labute approximate surface area is 264 Å². The number of aliphatic imine (C=N–C) groups is 1. The smallest absolute Gasteiger partial charge is 0.0704 e. The second-order valence-electron chi connectivity index (χ2n) is 11.0. The first kappa shape index (κ1) is 38.0. The zero-order valence-electron chi connectivity index (χ0n) is 28.7. The minimum atomic E-state index is 0.347. The Bertz CT molecular complexity index is 1160. The summed E-state index contributed by atoms with van der Waals surface area (Å²) in [6.07, 6.45) is 16.1. The summed E-state index contributed by atoms with van der Waals surface area (Å²) in [5, 5.41) is 3.33. The Balaban J connectivity index is 0.000000430. The third-order valence-corrected chi connectivity index (χ3v) is 7.64. The van der Waals surface area contributed by atoms with Crippen LogP contribution in [-0.4, -0.2) is 49.5 Å². The number of hydrogen-bond donors (Lipinski definition) is 2. The van der Waals surface area contributed by atoms with Crippen molar-refractivity contribution >= 4 is 11.9 Å². The average Bonchev–Trinajstić information content (AvgIpc) is 3.44. The van der Waals surface area contributed by atoms with Gasteiger partial charge in [-0.1, -0.05) is 68.9 Å². The number of hydrogen-bond acceptors (Lipinski definition) is 5. The minimum Gasteiger partial charge on any atom is -0.399 e. The lowest BCUT2D eigenvalue weighted by molar-refractivity contribution is 0.0567. The molecule has 0 amide bonds. The Kier molecular flexibility index (Phi) is 19.8. The predicted molar refractivity (Wildman–Crippen MR) is 189 cm³/mol. The van der Waals surface area contributed by atoms with Crippen LogP contribution >= 0.6 is 0 Å². The lowest BCUT2D eigenvalue weighted by atomic mass is 10.0. The normalized spacial score (nSPS) is 18.1. The third kappa shape index (κ3) is 14.3. The van der Waals surface area contributed by atoms with Gasteiger partial charge in [0.1, 0.15) is 0 Å². The van der Waals surface area contributed by atoms with Crippen molar-refractivity contribution in [1.82, 2.24) is 10.2 Å². The molecule has 0 spiro atoms. The van der Waals surface area contributed by atoms with Crippen molar-refractivity contribution in [2.75, 3.05) is 26.2 Å². The van der Waals surface area contributed by atoms with Crippen LogP contribution in [0.1, 0.15) is 112 Å². The number of nitrogens with zero attached hydrogens (tertiary/aromatic N) is 2. The van der Waals surface area contributed by atoms with E-state index in [4.69, 9.17) is 10.5 Å². The number of nitrogens with one attached hydrogen (secondary N) is 1. The van der Waals surface area contributed by atoms with Crippen LogP contribution < -0.4 is 11.1 Å². The Hall–Kier alpha value is -3.07. The molecule has 0 aliphatic carbocycles. The molecule has 0 aromatic heterocycles. The number of unbranched alkanes of at least 4 members (excludes halogenated alkanes) is 2. The van der Waals surface area contributed by atoms with Crippen LogP contribution in [0.15, 0.2) is 70.0 Å². The molecule has 2 rings (SSSR count). The van der Waals surface area contributed by atoms with Gasteiger partial charge in [0.2, 0.25) is 0 Å². The van der Waals surface area contributed by atoms with Crippen LogP contribution in [0.25, 0.3) is 5.70 Å². The topological polar surface area (TPSA) is 62.9 Å². The van der Waals surface area contributed by atoms with Crippen molar-refractivity contribution in [3.8, 4) is 11.8 Å². The summed E-state index contributed by atoms with van der Waals surface area (Å²) < 4.78 is 5.75. The molecule has 0 saturated carbocycles. The first-order chi connectivity index (χ1) is 20.8. The van der Waals surface area contributed by atoms with Crippen LogP contribution in [0.3, 0.4) is 0 Å². The molecule has 0 radical (unpaired) electrons. The molecule has 43 heavy (non-hydrogen) atoms. The molecule has 2 atom stereocenters. The van der Waals surface area contributed by atoms with Crippen LogP contribution in [-0.2, 0) is 4.74 Å². The van der Waals surface area contributed by atoms with E-state index in [2.05, 4.69) is 87.7 Å². The molecule has 3 N–H and O–H groups in total. The van der Waals surface area contributed by atoms with E-state index in [-0.39, 0.29) is 0 Å². The summed E-state index contributed by atoms with van der Waals surface area (Å²) in [6.45, 7) is 22.9. The quantitative estimate of drug-likeness (QED) is 0.0988. The van der Waals surface area contributed by atoms with Crippen molar-refractivity contribution in [2.24, 2.45) is 10.7 Å². The van der Waals surface area contributed by atoms with Crippen LogP contribution in [0.2, 0.25) is 0 Å². The van der Waals surface area contributed by atoms with E-state index < -0.39 is 0 Å². The summed E-state index contributed by atoms with van der Waals surface area (Å²) in [6, 6.07) is 8.00. The summed E-state index contributed by atoms with van der Waals surface area (Å²) in [5.74, 6) is 6.31. The molecule has 5 nitrogen and oxygen atoms in total. The van der Waals surface area contributed by atoms with E-state index in [0.29, 0.717) is 18.8 Å². The zero-order valence-corrected chi connectivity index (χ0v) is 28.7. The maximum atomic E-state index is 5.91. The molecule has 1 aliphatic heterocycles. The molecule has 1 aromatic carbocycles. The van der Waals surface area contributed by atoms with Crippen molar-refractivity contribution in [1.29, 1.82) is 0 Å². The molecular formula is C38H60N4O. The highest BCUT2D eigenvalue weighted by atomic mass is 16.5. The zero-order chi connectivity index (χ0) is 32.0. The van der Waals surface area contributed by atoms with Crippen molar-refractivity contribution in [2.45, 2.75) is 113 Å². The van der Waals surface area contributed by atoms with E-state index in [1.807, 2.05) is 50.4 Å².